The van der Waals surface area contributed by atoms with E-state index in [1.165, 1.54) is 42.5 Å². The minimum Gasteiger partial charge on any atom is -0.453 e. The molecule has 12 atom stereocenters. The molecule has 0 radical (unpaired) electrons. The first-order valence-electron chi connectivity index (χ1n) is 21.7. The maximum Gasteiger partial charge on any atom is 0.490 e. The van der Waals surface area contributed by atoms with Crippen molar-refractivity contribution in [2.45, 2.75) is 49.1 Å². The zero-order chi connectivity index (χ0) is 60.7. The van der Waals surface area contributed by atoms with Crippen LogP contribution < -0.4 is 34.1 Å². The third-order valence-corrected chi connectivity index (χ3v) is 18.2. The number of nitrogens with zero attached hydrogens (tertiary/aromatic N) is 6. The van der Waals surface area contributed by atoms with Crippen LogP contribution in [0.1, 0.15) is 33.2 Å². The number of H-pyrrole nitrogens is 2. The predicted molar refractivity (Wildman–Crippen MR) is 265 cm³/mol. The summed E-state index contributed by atoms with van der Waals surface area (Å²) in [5.41, 5.74) is 20.4. The Morgan fingerprint density at radius 2 is 0.939 bits per heavy atom. The van der Waals surface area contributed by atoms with Gasteiger partial charge in [-0.25, -0.2) is 46.9 Å². The van der Waals surface area contributed by atoms with Gasteiger partial charge in [0.1, 0.15) is 24.4 Å². The number of ether oxygens (including phenoxy) is 4. The minimum absolute atomic E-state index is 0.00627. The number of nitrogens with one attached hydrogen (secondary N) is 2. The number of fused-ring (bicyclic) bond motifs is 2. The number of hydrogen-bond acceptors (Lipinski definition) is 30. The number of carbonyl (C=O) groups excluding carboxylic acids is 2. The Morgan fingerprint density at radius 3 is 1.37 bits per heavy atom. The molecule has 48 heteroatoms. The Morgan fingerprint density at radius 1 is 0.549 bits per heavy atom. The Labute approximate surface area is 452 Å². The van der Waals surface area contributed by atoms with Gasteiger partial charge in [0.05, 0.1) is 37.0 Å². The van der Waals surface area contributed by atoms with Gasteiger partial charge in [-0.1, -0.05) is 24.3 Å². The molecule has 448 valence electrons. The molecule has 4 aromatic heterocycles. The molecule has 2 aliphatic rings. The number of esters is 2. The predicted octanol–water partition coefficient (Wildman–Crippen LogP) is -1.78. The number of phosphoric acid groups is 6. The van der Waals surface area contributed by atoms with Gasteiger partial charge in [0.15, 0.2) is 47.0 Å². The third kappa shape index (κ3) is 15.8. The number of phosphoric ester groups is 2. The summed E-state index contributed by atoms with van der Waals surface area (Å²) in [6.45, 7) is -2.19. The van der Waals surface area contributed by atoms with E-state index in [0.717, 1.165) is 21.8 Å². The highest BCUT2D eigenvalue weighted by Crippen LogP contribution is 2.67. The number of anilines is 4. The summed E-state index contributed by atoms with van der Waals surface area (Å²) < 4.78 is 117. The lowest BCUT2D eigenvalue weighted by molar-refractivity contribution is -0.0557. The van der Waals surface area contributed by atoms with Crippen LogP contribution in [0.2, 0.25) is 0 Å². The SMILES string of the molecule is Nc1nc2c(ncn2[C@@H]2O[C@H](COP(=O)(O)OP(=O)(O)OP(=O)(O)O)[C@@H](O)[C@H]2OC(=O)c2ccccc2N)c(=O)[nH]1.Nc1nc2c(ncn2[C@@H]2O[C@H](COP(=O)(O)OP(=O)(O)OP(=O)(O)O)[C@@H](OC(=O)c3ccccc3N)[C@H]2O)c(=O)[nH]1. The van der Waals surface area contributed by atoms with Crippen molar-refractivity contribution in [1.29, 1.82) is 0 Å². The second-order valence-corrected chi connectivity index (χ2v) is 25.2. The van der Waals surface area contributed by atoms with Crippen LogP contribution in [0, 0.1) is 0 Å². The molecule has 0 bridgehead atoms. The average molecular weight is 1280 g/mol. The Kier molecular flexibility index (Phi) is 18.8. The Hall–Kier alpha value is -6.06. The van der Waals surface area contributed by atoms with Crippen molar-refractivity contribution >= 4 is 104 Å². The molecular formula is C34H42N12O30P6. The summed E-state index contributed by atoms with van der Waals surface area (Å²) in [6, 6.07) is 11.5. The van der Waals surface area contributed by atoms with Gasteiger partial charge in [-0.3, -0.25) is 37.7 Å². The molecule has 20 N–H and O–H groups in total. The first-order chi connectivity index (χ1) is 37.9. The molecule has 4 unspecified atom stereocenters. The number of aromatic nitrogens is 8. The third-order valence-electron chi connectivity index (χ3n) is 10.6. The lowest BCUT2D eigenvalue weighted by Crippen LogP contribution is -2.38. The number of para-hydroxylation sites is 2. The van der Waals surface area contributed by atoms with E-state index in [1.54, 1.807) is 6.07 Å². The highest BCUT2D eigenvalue weighted by Gasteiger charge is 2.52. The van der Waals surface area contributed by atoms with E-state index in [4.69, 9.17) is 61.5 Å². The molecule has 2 aliphatic heterocycles. The minimum atomic E-state index is -5.84. The van der Waals surface area contributed by atoms with Gasteiger partial charge in [0.2, 0.25) is 11.9 Å². The number of hydrogen-bond donors (Lipinski definition) is 16. The first kappa shape index (κ1) is 63.5. The van der Waals surface area contributed by atoms with Crippen LogP contribution >= 0.6 is 46.9 Å². The maximum absolute atomic E-state index is 12.9. The summed E-state index contributed by atoms with van der Waals surface area (Å²) in [4.78, 5) is 143. The molecule has 0 amide bonds. The molecule has 0 aliphatic carbocycles. The Bertz CT molecular complexity index is 3830. The molecule has 2 fully saturated rings. The van der Waals surface area contributed by atoms with Gasteiger partial charge in [0, 0.05) is 11.4 Å². The topological polar surface area (TPSA) is 662 Å². The van der Waals surface area contributed by atoms with E-state index in [-0.39, 0.29) is 56.7 Å². The van der Waals surface area contributed by atoms with E-state index < -0.39 is 132 Å². The number of nitrogens with two attached hydrogens (primary N) is 4. The molecule has 42 nitrogen and oxygen atoms in total. The fourth-order valence-electron chi connectivity index (χ4n) is 7.38. The van der Waals surface area contributed by atoms with Crippen LogP contribution in [0.5, 0.6) is 0 Å². The van der Waals surface area contributed by atoms with Crippen LogP contribution in [0.4, 0.5) is 23.3 Å². The molecular weight excluding hydrogens is 1240 g/mol. The zero-order valence-corrected chi connectivity index (χ0v) is 45.5. The summed E-state index contributed by atoms with van der Waals surface area (Å²) in [5, 5.41) is 22.0. The van der Waals surface area contributed by atoms with E-state index in [9.17, 15) is 76.4 Å². The quantitative estimate of drug-likeness (QED) is 0.0228. The molecule has 2 saturated heterocycles. The lowest BCUT2D eigenvalue weighted by atomic mass is 10.1. The van der Waals surface area contributed by atoms with Gasteiger partial charge in [-0.2, -0.15) is 27.2 Å². The summed E-state index contributed by atoms with van der Waals surface area (Å²) >= 11 is 0. The molecule has 0 spiro atoms. The number of benzene rings is 2. The average Bonchev–Trinajstić information content (AvgIpc) is 3.95. The Balaban J connectivity index is 0.000000236. The van der Waals surface area contributed by atoms with Gasteiger partial charge < -0.3 is 91.2 Å². The van der Waals surface area contributed by atoms with E-state index in [0.29, 0.717) is 0 Å². The van der Waals surface area contributed by atoms with Crippen molar-refractivity contribution in [3.05, 3.63) is 93.0 Å². The fraction of sp³-hybridized carbons (Fsp3) is 0.294. The monoisotopic (exact) mass is 1280 g/mol. The number of imidazole rings is 2. The number of aromatic amines is 2. The van der Waals surface area contributed by atoms with E-state index in [2.05, 4.69) is 56.2 Å². The summed E-state index contributed by atoms with van der Waals surface area (Å²) in [6.07, 6.45) is -11.2. The number of carbonyl (C=O) groups is 2. The first-order valence-corrected chi connectivity index (χ1v) is 30.8. The van der Waals surface area contributed by atoms with E-state index in [1.807, 2.05) is 0 Å². The van der Waals surface area contributed by atoms with Crippen LogP contribution in [0.3, 0.4) is 0 Å². The number of rotatable bonds is 20. The normalized spacial score (nSPS) is 24.1. The smallest absolute Gasteiger partial charge is 0.453 e. The highest BCUT2D eigenvalue weighted by molar-refractivity contribution is 7.67. The fourth-order valence-corrected chi connectivity index (χ4v) is 13.4. The molecule has 2 aromatic carbocycles. The molecule has 8 rings (SSSR count). The van der Waals surface area contributed by atoms with Gasteiger partial charge in [-0.15, -0.1) is 0 Å². The zero-order valence-electron chi connectivity index (χ0n) is 40.1. The molecule has 0 saturated carbocycles. The van der Waals surface area contributed by atoms with Crippen LogP contribution in [0.25, 0.3) is 22.3 Å². The van der Waals surface area contributed by atoms with Gasteiger partial charge >= 0.3 is 58.9 Å². The molecule has 82 heavy (non-hydrogen) atoms. The molecule has 6 aromatic rings. The van der Waals surface area contributed by atoms with Crippen molar-refractivity contribution in [2.75, 3.05) is 36.1 Å². The van der Waals surface area contributed by atoms with Gasteiger partial charge in [-0.05, 0) is 24.3 Å². The molecule has 6 heterocycles. The highest BCUT2D eigenvalue weighted by atomic mass is 31.3. The van der Waals surface area contributed by atoms with Crippen molar-refractivity contribution in [1.82, 2.24) is 39.0 Å². The van der Waals surface area contributed by atoms with Crippen molar-refractivity contribution < 1.29 is 132 Å². The number of nitrogen functional groups attached to an aromatic ring is 4. The second-order valence-electron chi connectivity index (χ2n) is 16.3. The number of aliphatic hydroxyl groups is 2. The summed E-state index contributed by atoms with van der Waals surface area (Å²) in [5.74, 6) is -2.72. The standard InChI is InChI=1S/2C17H21N6O15P3/c18-8-4-2-1-3-7(8)16(26)36-12-9(5-34-40(30,31)38-41(32,33)37-39(27,28)29)35-15(11(12)24)23-6-20-10-13(23)21-17(19)22-14(10)25;18-8-4-2-1-3-7(8)16(26)36-12-11(24)9(5-34-40(30,31)38-41(32,33)37-39(27,28)29)35-15(12)23-6-20-10-13(23)21-17(19)22-14(10)25/h2*1-4,6,9,11-12,15,24H,5,18H2,(H,30,31)(H,32,33)(H2,27,28,29)(H3,19,21,22,25)/t2*9-,11-,12-,15-/m11/s1. The van der Waals surface area contributed by atoms with Gasteiger partial charge in [0.25, 0.3) is 11.1 Å². The number of aliphatic hydroxyl groups excluding tert-OH is 2. The maximum atomic E-state index is 12.9. The second kappa shape index (κ2) is 24.3. The summed E-state index contributed by atoms with van der Waals surface area (Å²) in [7, 11) is -34.2. The van der Waals surface area contributed by atoms with Crippen LogP contribution in [0.15, 0.2) is 70.8 Å². The van der Waals surface area contributed by atoms with Crippen molar-refractivity contribution in [3.63, 3.8) is 0 Å². The van der Waals surface area contributed by atoms with Crippen LogP contribution in [-0.4, -0.2) is 150 Å². The largest absolute Gasteiger partial charge is 0.490 e. The van der Waals surface area contributed by atoms with Crippen molar-refractivity contribution in [3.8, 4) is 0 Å². The van der Waals surface area contributed by atoms with Crippen molar-refractivity contribution in [2.24, 2.45) is 0 Å². The lowest BCUT2D eigenvalue weighted by Gasteiger charge is -2.22. The van der Waals surface area contributed by atoms with Crippen LogP contribution in [-0.2, 0) is 72.6 Å². The van der Waals surface area contributed by atoms with E-state index >= 15 is 0 Å².